The summed E-state index contributed by atoms with van der Waals surface area (Å²) in [6.45, 7) is 2.13. The summed E-state index contributed by atoms with van der Waals surface area (Å²) in [5.74, 6) is -0.152. The fraction of sp³-hybridized carbons (Fsp3) is 0.250. The second-order valence-electron chi connectivity index (χ2n) is 5.20. The number of anilines is 1. The zero-order valence-corrected chi connectivity index (χ0v) is 13.2. The fourth-order valence-corrected chi connectivity index (χ4v) is 2.94. The standard InChI is InChI=1S/C16H15BrN2O2/c1-10-16(21)19(7-6-15(20)18-10)14-5-3-11-8-13(17)4-2-12(11)9-14/h2-5,8-10H,6-7H2,1H3,(H,18,20). The highest BCUT2D eigenvalue weighted by Gasteiger charge is 2.27. The minimum absolute atomic E-state index is 0.0719. The van der Waals surface area contributed by atoms with Gasteiger partial charge in [-0.3, -0.25) is 9.59 Å². The fourth-order valence-electron chi connectivity index (χ4n) is 2.56. The van der Waals surface area contributed by atoms with Gasteiger partial charge in [0.15, 0.2) is 0 Å². The van der Waals surface area contributed by atoms with Crippen molar-refractivity contribution in [1.29, 1.82) is 0 Å². The topological polar surface area (TPSA) is 49.4 Å². The van der Waals surface area contributed by atoms with E-state index in [1.165, 1.54) is 0 Å². The molecule has 1 heterocycles. The second-order valence-corrected chi connectivity index (χ2v) is 6.12. The molecule has 21 heavy (non-hydrogen) atoms. The summed E-state index contributed by atoms with van der Waals surface area (Å²) in [6.07, 6.45) is 0.328. The number of carbonyl (C=O) groups excluding carboxylic acids is 2. The van der Waals surface area contributed by atoms with Gasteiger partial charge < -0.3 is 10.2 Å². The molecule has 1 aliphatic rings. The van der Waals surface area contributed by atoms with Crippen LogP contribution in [0.5, 0.6) is 0 Å². The monoisotopic (exact) mass is 346 g/mol. The van der Waals surface area contributed by atoms with E-state index in [-0.39, 0.29) is 11.8 Å². The highest BCUT2D eigenvalue weighted by atomic mass is 79.9. The van der Waals surface area contributed by atoms with E-state index in [1.54, 1.807) is 11.8 Å². The lowest BCUT2D eigenvalue weighted by atomic mass is 10.1. The first-order chi connectivity index (χ1) is 10.0. The average Bonchev–Trinajstić information content (AvgIpc) is 2.58. The van der Waals surface area contributed by atoms with Crippen LogP contribution in [-0.2, 0) is 9.59 Å². The van der Waals surface area contributed by atoms with Crippen LogP contribution < -0.4 is 10.2 Å². The Bertz CT molecular complexity index is 729. The van der Waals surface area contributed by atoms with Crippen LogP contribution in [0.4, 0.5) is 5.69 Å². The molecule has 2 aromatic rings. The number of halogens is 1. The average molecular weight is 347 g/mol. The van der Waals surface area contributed by atoms with E-state index in [0.29, 0.717) is 13.0 Å². The van der Waals surface area contributed by atoms with Crippen LogP contribution in [0.3, 0.4) is 0 Å². The molecule has 1 fully saturated rings. The van der Waals surface area contributed by atoms with Crippen molar-refractivity contribution in [2.75, 3.05) is 11.4 Å². The zero-order valence-electron chi connectivity index (χ0n) is 11.6. The Hall–Kier alpha value is -1.88. The predicted molar refractivity (Wildman–Crippen MR) is 86.2 cm³/mol. The highest BCUT2D eigenvalue weighted by molar-refractivity contribution is 9.10. The molecule has 5 heteroatoms. The Morgan fingerprint density at radius 3 is 2.67 bits per heavy atom. The molecule has 4 nitrogen and oxygen atoms in total. The maximum absolute atomic E-state index is 12.4. The Labute approximate surface area is 131 Å². The summed E-state index contributed by atoms with van der Waals surface area (Å²) in [5.41, 5.74) is 0.832. The summed E-state index contributed by atoms with van der Waals surface area (Å²) in [4.78, 5) is 25.6. The van der Waals surface area contributed by atoms with Crippen molar-refractivity contribution < 1.29 is 9.59 Å². The van der Waals surface area contributed by atoms with Crippen molar-refractivity contribution in [3.8, 4) is 0 Å². The molecule has 0 aliphatic carbocycles. The summed E-state index contributed by atoms with van der Waals surface area (Å²) in [5, 5.41) is 4.88. The quantitative estimate of drug-likeness (QED) is 0.863. The third-order valence-corrected chi connectivity index (χ3v) is 4.17. The molecular weight excluding hydrogens is 332 g/mol. The smallest absolute Gasteiger partial charge is 0.249 e. The van der Waals surface area contributed by atoms with E-state index in [1.807, 2.05) is 36.4 Å². The van der Waals surface area contributed by atoms with Crippen molar-refractivity contribution in [3.63, 3.8) is 0 Å². The number of rotatable bonds is 1. The molecule has 1 saturated heterocycles. The normalized spacial score (nSPS) is 19.5. The molecule has 2 amide bonds. The van der Waals surface area contributed by atoms with E-state index in [2.05, 4.69) is 21.2 Å². The summed E-state index contributed by atoms with van der Waals surface area (Å²) in [7, 11) is 0. The van der Waals surface area contributed by atoms with E-state index in [9.17, 15) is 9.59 Å². The van der Waals surface area contributed by atoms with Crippen LogP contribution >= 0.6 is 15.9 Å². The van der Waals surface area contributed by atoms with Gasteiger partial charge in [0.1, 0.15) is 6.04 Å². The summed E-state index contributed by atoms with van der Waals surface area (Å²) < 4.78 is 1.03. The van der Waals surface area contributed by atoms with Crippen LogP contribution in [0.2, 0.25) is 0 Å². The van der Waals surface area contributed by atoms with E-state index in [4.69, 9.17) is 0 Å². The molecule has 0 spiro atoms. The Morgan fingerprint density at radius 1 is 1.14 bits per heavy atom. The lowest BCUT2D eigenvalue weighted by molar-refractivity contribution is -0.125. The molecular formula is C16H15BrN2O2. The predicted octanol–water partition coefficient (Wildman–Crippen LogP) is 2.84. The maximum Gasteiger partial charge on any atom is 0.249 e. The van der Waals surface area contributed by atoms with E-state index < -0.39 is 6.04 Å². The van der Waals surface area contributed by atoms with Crippen molar-refractivity contribution in [1.82, 2.24) is 5.32 Å². The number of nitrogens with one attached hydrogen (secondary N) is 1. The van der Waals surface area contributed by atoms with Gasteiger partial charge in [-0.1, -0.05) is 28.1 Å². The van der Waals surface area contributed by atoms with E-state index >= 15 is 0 Å². The van der Waals surface area contributed by atoms with Crippen LogP contribution in [-0.4, -0.2) is 24.4 Å². The molecule has 0 radical (unpaired) electrons. The molecule has 1 unspecified atom stereocenters. The lowest BCUT2D eigenvalue weighted by Gasteiger charge is -2.22. The van der Waals surface area contributed by atoms with Gasteiger partial charge in [-0.25, -0.2) is 0 Å². The van der Waals surface area contributed by atoms with Gasteiger partial charge in [0.2, 0.25) is 11.8 Å². The third kappa shape index (κ3) is 2.78. The zero-order chi connectivity index (χ0) is 15.0. The van der Waals surface area contributed by atoms with Gasteiger partial charge in [0, 0.05) is 23.1 Å². The van der Waals surface area contributed by atoms with Gasteiger partial charge >= 0.3 is 0 Å². The number of amides is 2. The Balaban J connectivity index is 2.00. The maximum atomic E-state index is 12.4. The van der Waals surface area contributed by atoms with Gasteiger partial charge in [-0.2, -0.15) is 0 Å². The molecule has 0 aromatic heterocycles. The van der Waals surface area contributed by atoms with Gasteiger partial charge in [-0.15, -0.1) is 0 Å². The van der Waals surface area contributed by atoms with Gasteiger partial charge in [0.05, 0.1) is 0 Å². The van der Waals surface area contributed by atoms with Crippen LogP contribution in [0.15, 0.2) is 40.9 Å². The van der Waals surface area contributed by atoms with Crippen molar-refractivity contribution in [2.24, 2.45) is 0 Å². The molecule has 2 aromatic carbocycles. The van der Waals surface area contributed by atoms with Crippen molar-refractivity contribution >= 4 is 44.2 Å². The highest BCUT2D eigenvalue weighted by Crippen LogP contribution is 2.26. The molecule has 3 rings (SSSR count). The first-order valence-electron chi connectivity index (χ1n) is 6.84. The van der Waals surface area contributed by atoms with E-state index in [0.717, 1.165) is 20.9 Å². The van der Waals surface area contributed by atoms with Crippen LogP contribution in [0, 0.1) is 0 Å². The van der Waals surface area contributed by atoms with Crippen molar-refractivity contribution in [3.05, 3.63) is 40.9 Å². The molecule has 1 N–H and O–H groups in total. The molecule has 1 atom stereocenters. The number of benzene rings is 2. The Morgan fingerprint density at radius 2 is 1.86 bits per heavy atom. The SMILES string of the molecule is CC1NC(=O)CCN(c2ccc3cc(Br)ccc3c2)C1=O. The minimum Gasteiger partial charge on any atom is -0.345 e. The molecule has 0 saturated carbocycles. The Kier molecular flexibility index (Phi) is 3.68. The van der Waals surface area contributed by atoms with Gasteiger partial charge in [0.25, 0.3) is 0 Å². The largest absolute Gasteiger partial charge is 0.345 e. The number of carbonyl (C=O) groups is 2. The molecule has 0 bridgehead atoms. The number of hydrogen-bond acceptors (Lipinski definition) is 2. The second kappa shape index (κ2) is 5.48. The first kappa shape index (κ1) is 14.1. The number of fused-ring (bicyclic) bond motifs is 1. The lowest BCUT2D eigenvalue weighted by Crippen LogP contribution is -2.42. The molecule has 1 aliphatic heterocycles. The minimum atomic E-state index is -0.486. The number of nitrogens with zero attached hydrogens (tertiary/aromatic N) is 1. The number of hydrogen-bond donors (Lipinski definition) is 1. The summed E-state index contributed by atoms with van der Waals surface area (Å²) >= 11 is 3.45. The van der Waals surface area contributed by atoms with Gasteiger partial charge in [-0.05, 0) is 42.0 Å². The summed E-state index contributed by atoms with van der Waals surface area (Å²) in [6, 6.07) is 11.4. The first-order valence-corrected chi connectivity index (χ1v) is 7.64. The third-order valence-electron chi connectivity index (χ3n) is 3.67. The molecule has 108 valence electrons. The van der Waals surface area contributed by atoms with Crippen LogP contribution in [0.25, 0.3) is 10.8 Å². The van der Waals surface area contributed by atoms with Crippen LogP contribution in [0.1, 0.15) is 13.3 Å². The van der Waals surface area contributed by atoms with Crippen molar-refractivity contribution in [2.45, 2.75) is 19.4 Å².